The highest BCUT2D eigenvalue weighted by atomic mass is 127. The van der Waals surface area contributed by atoms with E-state index in [-0.39, 0.29) is 6.61 Å². The van der Waals surface area contributed by atoms with Crippen LogP contribution >= 0.6 is 22.9 Å². The zero-order chi connectivity index (χ0) is 12.7. The van der Waals surface area contributed by atoms with Crippen LogP contribution in [0.3, 0.4) is 0 Å². The minimum atomic E-state index is -0.741. The van der Waals surface area contributed by atoms with Gasteiger partial charge in [-0.2, -0.15) is 0 Å². The molecule has 92 valence electrons. The van der Waals surface area contributed by atoms with E-state index in [9.17, 15) is 9.59 Å². The number of benzene rings is 1. The number of amides is 2. The number of aliphatic hydroxyl groups excluding tert-OH is 1. The van der Waals surface area contributed by atoms with Gasteiger partial charge in [0, 0.05) is 0 Å². The lowest BCUT2D eigenvalue weighted by Gasteiger charge is -2.15. The van der Waals surface area contributed by atoms with E-state index in [2.05, 4.69) is 8.85 Å². The van der Waals surface area contributed by atoms with Crippen molar-refractivity contribution in [2.45, 2.75) is 12.5 Å². The van der Waals surface area contributed by atoms with Gasteiger partial charge in [-0.25, -0.2) is 0 Å². The summed E-state index contributed by atoms with van der Waals surface area (Å²) >= 11 is 1.59. The van der Waals surface area contributed by atoms with Crippen LogP contribution in [0.4, 0.5) is 0 Å². The van der Waals surface area contributed by atoms with Crippen molar-refractivity contribution in [2.75, 3.05) is 6.61 Å². The van der Waals surface area contributed by atoms with Crippen LogP contribution in [0.5, 0.6) is 0 Å². The molecule has 5 nitrogen and oxygen atoms in total. The molecule has 0 saturated carbocycles. The average Bonchev–Trinajstić information content (AvgIpc) is 2.38. The Kier molecular flexibility index (Phi) is 5.92. The van der Waals surface area contributed by atoms with Gasteiger partial charge in [0.25, 0.3) is 0 Å². The summed E-state index contributed by atoms with van der Waals surface area (Å²) in [7, 11) is 0. The minimum absolute atomic E-state index is 0.213. The number of aliphatic hydroxyl groups is 1. The van der Waals surface area contributed by atoms with Crippen LogP contribution in [-0.4, -0.2) is 29.6 Å². The Morgan fingerprint density at radius 3 is 2.41 bits per heavy atom. The summed E-state index contributed by atoms with van der Waals surface area (Å²) in [5, 5.41) is 11.6. The monoisotopic (exact) mass is 348 g/mol. The first-order chi connectivity index (χ1) is 8.17. The lowest BCUT2D eigenvalue weighted by molar-refractivity contribution is -0.138. The van der Waals surface area contributed by atoms with Crippen LogP contribution < -0.4 is 8.85 Å². The van der Waals surface area contributed by atoms with Crippen molar-refractivity contribution in [3.05, 3.63) is 35.9 Å². The molecule has 1 aromatic carbocycles. The molecule has 0 saturated heterocycles. The molecular weight excluding hydrogens is 335 g/mol. The van der Waals surface area contributed by atoms with Crippen LogP contribution in [0.25, 0.3) is 0 Å². The van der Waals surface area contributed by atoms with Gasteiger partial charge in [0.15, 0.2) is 0 Å². The molecule has 0 aromatic heterocycles. The fourth-order valence-corrected chi connectivity index (χ4v) is 1.60. The predicted octanol–water partition coefficient (Wildman–Crippen LogP) is 0.172. The first-order valence-electron chi connectivity index (χ1n) is 5.03. The Morgan fingerprint density at radius 2 is 1.88 bits per heavy atom. The van der Waals surface area contributed by atoms with Gasteiger partial charge in [-0.1, -0.05) is 30.3 Å². The Balaban J connectivity index is 2.55. The summed E-state index contributed by atoms with van der Waals surface area (Å²) in [6, 6.07) is 8.98. The summed E-state index contributed by atoms with van der Waals surface area (Å²) in [5.74, 6) is -1.47. The number of hydrogen-bond acceptors (Lipinski definition) is 3. The summed E-state index contributed by atoms with van der Waals surface area (Å²) in [4.78, 5) is 22.3. The van der Waals surface area contributed by atoms with Gasteiger partial charge >= 0.3 is 11.8 Å². The van der Waals surface area contributed by atoms with Gasteiger partial charge in [-0.3, -0.25) is 13.1 Å². The van der Waals surface area contributed by atoms with Crippen LogP contribution in [0.1, 0.15) is 5.56 Å². The van der Waals surface area contributed by atoms with Gasteiger partial charge in [0.2, 0.25) is 0 Å². The quantitative estimate of drug-likeness (QED) is 0.413. The van der Waals surface area contributed by atoms with Gasteiger partial charge in [0.05, 0.1) is 35.5 Å². The van der Waals surface area contributed by atoms with E-state index in [0.29, 0.717) is 6.42 Å². The Labute approximate surface area is 113 Å². The number of rotatable bonds is 4. The Hall–Kier alpha value is -1.15. The smallest absolute Gasteiger partial charge is 0.317 e. The van der Waals surface area contributed by atoms with E-state index in [1.807, 2.05) is 30.3 Å². The standard InChI is InChI=1S/C11H13IN2O3/c12-14-11(17)10(16)13-9(7-15)6-8-4-2-1-3-5-8/h1-5,9,15H,6-7H2,(H,13,16)(H,14,17). The molecule has 6 heteroatoms. The Morgan fingerprint density at radius 1 is 1.24 bits per heavy atom. The summed E-state index contributed by atoms with van der Waals surface area (Å²) in [6.07, 6.45) is 0.484. The van der Waals surface area contributed by atoms with Crippen molar-refractivity contribution < 1.29 is 14.7 Å². The van der Waals surface area contributed by atoms with E-state index in [0.717, 1.165) is 5.56 Å². The summed E-state index contributed by atoms with van der Waals surface area (Å²) < 4.78 is 2.20. The van der Waals surface area contributed by atoms with Crippen molar-refractivity contribution in [3.8, 4) is 0 Å². The van der Waals surface area contributed by atoms with Gasteiger partial charge in [0.1, 0.15) is 0 Å². The maximum Gasteiger partial charge on any atom is 0.317 e. The molecule has 0 aliphatic rings. The van der Waals surface area contributed by atoms with Crippen molar-refractivity contribution in [1.82, 2.24) is 8.85 Å². The third-order valence-corrected chi connectivity index (χ3v) is 2.66. The molecule has 2 amide bonds. The van der Waals surface area contributed by atoms with Crippen LogP contribution in [0, 0.1) is 0 Å². The summed E-state index contributed by atoms with van der Waals surface area (Å²) in [5.41, 5.74) is 0.988. The van der Waals surface area contributed by atoms with Crippen molar-refractivity contribution >= 4 is 34.7 Å². The Bertz CT molecular complexity index is 384. The second kappa shape index (κ2) is 7.23. The van der Waals surface area contributed by atoms with Crippen molar-refractivity contribution in [1.29, 1.82) is 0 Å². The predicted molar refractivity (Wildman–Crippen MR) is 71.3 cm³/mol. The summed E-state index contributed by atoms with van der Waals surface area (Å²) in [6.45, 7) is -0.213. The number of carbonyl (C=O) groups excluding carboxylic acids is 2. The zero-order valence-electron chi connectivity index (χ0n) is 9.02. The normalized spacial score (nSPS) is 11.6. The van der Waals surface area contributed by atoms with Gasteiger partial charge < -0.3 is 10.4 Å². The number of halogens is 1. The molecule has 1 aromatic rings. The van der Waals surface area contributed by atoms with Gasteiger partial charge in [-0.05, 0) is 12.0 Å². The van der Waals surface area contributed by atoms with E-state index in [1.165, 1.54) is 0 Å². The molecule has 0 spiro atoms. The molecule has 0 bridgehead atoms. The molecule has 0 aliphatic heterocycles. The molecular formula is C11H13IN2O3. The van der Waals surface area contributed by atoms with Crippen LogP contribution in [-0.2, 0) is 16.0 Å². The van der Waals surface area contributed by atoms with Crippen molar-refractivity contribution in [2.24, 2.45) is 0 Å². The first kappa shape index (κ1) is 13.9. The van der Waals surface area contributed by atoms with Crippen molar-refractivity contribution in [3.63, 3.8) is 0 Å². The fraction of sp³-hybridized carbons (Fsp3) is 0.273. The maximum absolute atomic E-state index is 11.3. The molecule has 0 heterocycles. The number of nitrogens with one attached hydrogen (secondary N) is 2. The molecule has 0 aliphatic carbocycles. The average molecular weight is 348 g/mol. The number of carbonyl (C=O) groups is 2. The third kappa shape index (κ3) is 4.70. The molecule has 1 rings (SSSR count). The molecule has 1 atom stereocenters. The third-order valence-electron chi connectivity index (χ3n) is 2.17. The highest BCUT2D eigenvalue weighted by Crippen LogP contribution is 2.02. The topological polar surface area (TPSA) is 78.4 Å². The molecule has 3 N–H and O–H groups in total. The lowest BCUT2D eigenvalue weighted by Crippen LogP contribution is -2.45. The lowest BCUT2D eigenvalue weighted by atomic mass is 10.1. The van der Waals surface area contributed by atoms with Crippen LogP contribution in [0.2, 0.25) is 0 Å². The molecule has 17 heavy (non-hydrogen) atoms. The number of hydrogen-bond donors (Lipinski definition) is 3. The van der Waals surface area contributed by atoms with E-state index in [1.54, 1.807) is 22.9 Å². The van der Waals surface area contributed by atoms with E-state index in [4.69, 9.17) is 5.11 Å². The first-order valence-corrected chi connectivity index (χ1v) is 6.11. The fourth-order valence-electron chi connectivity index (χ4n) is 1.35. The van der Waals surface area contributed by atoms with E-state index >= 15 is 0 Å². The van der Waals surface area contributed by atoms with E-state index < -0.39 is 17.9 Å². The minimum Gasteiger partial charge on any atom is -0.394 e. The second-order valence-electron chi connectivity index (χ2n) is 3.47. The maximum atomic E-state index is 11.3. The second-order valence-corrected chi connectivity index (χ2v) is 4.01. The highest BCUT2D eigenvalue weighted by molar-refractivity contribution is 14.1. The zero-order valence-corrected chi connectivity index (χ0v) is 11.2. The van der Waals surface area contributed by atoms with Crippen LogP contribution in [0.15, 0.2) is 30.3 Å². The molecule has 1 unspecified atom stereocenters. The SMILES string of the molecule is O=C(NI)C(=O)NC(CO)Cc1ccccc1. The molecule has 0 fully saturated rings. The molecule has 0 radical (unpaired) electrons. The largest absolute Gasteiger partial charge is 0.394 e. The highest BCUT2D eigenvalue weighted by Gasteiger charge is 2.17. The van der Waals surface area contributed by atoms with Gasteiger partial charge in [-0.15, -0.1) is 0 Å².